The van der Waals surface area contributed by atoms with Crippen LogP contribution in [0.5, 0.6) is 11.6 Å². The number of halogens is 2. The Hall–Kier alpha value is -4.54. The van der Waals surface area contributed by atoms with Gasteiger partial charge >= 0.3 is 6.09 Å². The molecule has 2 saturated heterocycles. The molecule has 1 amide bonds. The first-order chi connectivity index (χ1) is 24.9. The summed E-state index contributed by atoms with van der Waals surface area (Å²) in [4.78, 5) is 29.7. The molecule has 10 nitrogen and oxygen atoms in total. The van der Waals surface area contributed by atoms with Crippen LogP contribution in [0.2, 0.25) is 16.6 Å². The van der Waals surface area contributed by atoms with E-state index < -0.39 is 25.8 Å². The second-order valence-corrected chi connectivity index (χ2v) is 20.6. The number of rotatable bonds is 7. The Morgan fingerprint density at radius 1 is 1.04 bits per heavy atom. The molecular formula is C39H45F2N5O5Si. The summed E-state index contributed by atoms with van der Waals surface area (Å²) in [6, 6.07) is 5.78. The number of fused-ring (bicyclic) bond motifs is 6. The maximum Gasteiger partial charge on any atom is 0.407 e. The van der Waals surface area contributed by atoms with Crippen LogP contribution in [0.15, 0.2) is 30.6 Å². The lowest BCUT2D eigenvalue weighted by Gasteiger charge is -2.47. The standard InChI is InChI=1S/C39H45F2N5O5Si/c1-21(2)52(22(3)4,23(5)6)15-13-27-29(40)10-8-24-16-26(51-20-49-7)17-28(32(24)27)35-34(41)36-33-37(43-19-42-36)45-18-25-9-11-31(46(25)39(47)48)30(45)12-14-50-38(33)44-35/h8,10,16-17,19,21-23,25,30-31H,9,11-12,14,18,20H2,1-7H3,(H,47,48). The summed E-state index contributed by atoms with van der Waals surface area (Å²) in [6.07, 6.45) is 2.37. The van der Waals surface area contributed by atoms with Crippen LogP contribution in [0.1, 0.15) is 66.4 Å². The second-order valence-electron chi connectivity index (χ2n) is 15.0. The highest BCUT2D eigenvalue weighted by Gasteiger charge is 2.50. The number of pyridine rings is 1. The van der Waals surface area contributed by atoms with Crippen LogP contribution in [0, 0.1) is 23.1 Å². The molecule has 3 aliphatic heterocycles. The van der Waals surface area contributed by atoms with E-state index in [0.29, 0.717) is 57.3 Å². The average molecular weight is 730 g/mol. The number of nitrogens with zero attached hydrogens (tertiary/aromatic N) is 5. The molecule has 2 bridgehead atoms. The summed E-state index contributed by atoms with van der Waals surface area (Å²) >= 11 is 0. The van der Waals surface area contributed by atoms with E-state index in [0.717, 1.165) is 12.8 Å². The number of anilines is 1. The van der Waals surface area contributed by atoms with Gasteiger partial charge in [0, 0.05) is 31.0 Å². The molecular weight excluding hydrogens is 685 g/mol. The summed E-state index contributed by atoms with van der Waals surface area (Å²) in [5.74, 6) is 3.07. The minimum Gasteiger partial charge on any atom is -0.477 e. The maximum atomic E-state index is 17.2. The maximum absolute atomic E-state index is 17.2. The first kappa shape index (κ1) is 35.8. The zero-order valence-electron chi connectivity index (χ0n) is 30.7. The summed E-state index contributed by atoms with van der Waals surface area (Å²) in [5, 5.41) is 11.3. The summed E-state index contributed by atoms with van der Waals surface area (Å²) in [6.45, 7) is 13.8. The van der Waals surface area contributed by atoms with Crippen LogP contribution >= 0.6 is 0 Å². The van der Waals surface area contributed by atoms with Crippen molar-refractivity contribution in [3.05, 3.63) is 47.8 Å². The fourth-order valence-corrected chi connectivity index (χ4v) is 14.5. The van der Waals surface area contributed by atoms with Crippen molar-refractivity contribution in [2.75, 3.05) is 32.0 Å². The van der Waals surface area contributed by atoms with E-state index in [1.807, 2.05) is 0 Å². The Morgan fingerprint density at radius 3 is 2.48 bits per heavy atom. The number of hydrogen-bond donors (Lipinski definition) is 1. The molecule has 2 fully saturated rings. The second kappa shape index (κ2) is 13.8. The summed E-state index contributed by atoms with van der Waals surface area (Å²) in [5.41, 5.74) is 4.99. The van der Waals surface area contributed by atoms with E-state index in [1.165, 1.54) is 19.5 Å². The first-order valence-corrected chi connectivity index (χ1v) is 20.3. The number of piperazine rings is 1. The van der Waals surface area contributed by atoms with Crippen molar-refractivity contribution in [2.45, 2.75) is 95.6 Å². The highest BCUT2D eigenvalue weighted by molar-refractivity contribution is 6.90. The topological polar surface area (TPSA) is 110 Å². The van der Waals surface area contributed by atoms with Gasteiger partial charge in [-0.2, -0.15) is 0 Å². The van der Waals surface area contributed by atoms with Crippen molar-refractivity contribution in [1.82, 2.24) is 19.9 Å². The van der Waals surface area contributed by atoms with Gasteiger partial charge in [0.2, 0.25) is 5.88 Å². The summed E-state index contributed by atoms with van der Waals surface area (Å²) in [7, 11) is -0.777. The number of hydrogen-bond acceptors (Lipinski definition) is 8. The largest absolute Gasteiger partial charge is 0.477 e. The van der Waals surface area contributed by atoms with Crippen molar-refractivity contribution in [3.8, 4) is 34.4 Å². The Morgan fingerprint density at radius 2 is 1.79 bits per heavy atom. The van der Waals surface area contributed by atoms with E-state index in [-0.39, 0.29) is 59.7 Å². The van der Waals surface area contributed by atoms with Gasteiger partial charge < -0.3 is 24.2 Å². The molecule has 0 saturated carbocycles. The van der Waals surface area contributed by atoms with E-state index in [1.54, 1.807) is 23.1 Å². The zero-order valence-corrected chi connectivity index (χ0v) is 31.7. The molecule has 0 aliphatic carbocycles. The monoisotopic (exact) mass is 729 g/mol. The van der Waals surface area contributed by atoms with E-state index >= 15 is 8.78 Å². The lowest BCUT2D eigenvalue weighted by molar-refractivity contribution is 0.0512. The van der Waals surface area contributed by atoms with Crippen molar-refractivity contribution in [3.63, 3.8) is 0 Å². The Kier molecular flexibility index (Phi) is 9.50. The van der Waals surface area contributed by atoms with Crippen LogP contribution in [0.25, 0.3) is 32.9 Å². The number of methoxy groups -OCH3 is 1. The van der Waals surface area contributed by atoms with Gasteiger partial charge in [0.15, 0.2) is 12.6 Å². The molecule has 4 aromatic rings. The predicted molar refractivity (Wildman–Crippen MR) is 199 cm³/mol. The number of carboxylic acid groups (broad SMARTS) is 1. The Labute approximate surface area is 303 Å². The number of amides is 1. The summed E-state index contributed by atoms with van der Waals surface area (Å²) < 4.78 is 50.7. The molecule has 274 valence electrons. The van der Waals surface area contributed by atoms with Crippen LogP contribution in [0.4, 0.5) is 19.4 Å². The quantitative estimate of drug-likeness (QED) is 0.115. The number of benzene rings is 2. The predicted octanol–water partition coefficient (Wildman–Crippen LogP) is 8.16. The highest BCUT2D eigenvalue weighted by Crippen LogP contribution is 2.46. The number of aromatic nitrogens is 3. The first-order valence-electron chi connectivity index (χ1n) is 18.0. The van der Waals surface area contributed by atoms with Gasteiger partial charge in [-0.25, -0.2) is 28.5 Å². The Balaban J connectivity index is 1.47. The SMILES string of the molecule is COCOc1cc(-c2nc3c4c(ncnc4c2F)N2CC4CCC(C2CCO3)N4C(=O)O)c2c(C#C[Si](C(C)C)(C(C)C)C(C)C)c(F)ccc2c1. The smallest absolute Gasteiger partial charge is 0.407 e. The number of ether oxygens (including phenoxy) is 3. The fraction of sp³-hybridized carbons (Fsp3) is 0.487. The van der Waals surface area contributed by atoms with Gasteiger partial charge in [-0.05, 0) is 53.1 Å². The lowest BCUT2D eigenvalue weighted by atomic mass is 9.95. The van der Waals surface area contributed by atoms with Crippen molar-refractivity contribution < 1.29 is 32.9 Å². The molecule has 0 radical (unpaired) electrons. The molecule has 13 heteroatoms. The third-order valence-electron chi connectivity index (χ3n) is 11.5. The van der Waals surface area contributed by atoms with E-state index in [9.17, 15) is 9.90 Å². The third kappa shape index (κ3) is 5.71. The normalized spacial score (nSPS) is 19.8. The molecule has 3 atom stereocenters. The van der Waals surface area contributed by atoms with Gasteiger partial charge in [0.25, 0.3) is 0 Å². The van der Waals surface area contributed by atoms with Crippen molar-refractivity contribution in [2.24, 2.45) is 0 Å². The molecule has 3 aliphatic rings. The molecule has 3 unspecified atom stereocenters. The lowest BCUT2D eigenvalue weighted by Crippen LogP contribution is -2.62. The van der Waals surface area contributed by atoms with Gasteiger partial charge in [-0.1, -0.05) is 53.5 Å². The van der Waals surface area contributed by atoms with E-state index in [4.69, 9.17) is 19.2 Å². The van der Waals surface area contributed by atoms with Crippen LogP contribution < -0.4 is 14.4 Å². The minimum atomic E-state index is -2.28. The van der Waals surface area contributed by atoms with Gasteiger partial charge in [0.05, 0.1) is 30.3 Å². The van der Waals surface area contributed by atoms with Crippen molar-refractivity contribution in [1.29, 1.82) is 0 Å². The number of carbonyl (C=O) groups is 1. The molecule has 5 heterocycles. The average Bonchev–Trinajstić information content (AvgIpc) is 3.44. The van der Waals surface area contributed by atoms with Crippen LogP contribution in [0.3, 0.4) is 0 Å². The molecule has 2 aromatic heterocycles. The molecule has 2 aromatic carbocycles. The van der Waals surface area contributed by atoms with Crippen LogP contribution in [-0.2, 0) is 4.74 Å². The van der Waals surface area contributed by atoms with Gasteiger partial charge in [0.1, 0.15) is 48.4 Å². The Bertz CT molecular complexity index is 2100. The minimum absolute atomic E-state index is 0.00455. The van der Waals surface area contributed by atoms with Crippen molar-refractivity contribution >= 4 is 41.7 Å². The van der Waals surface area contributed by atoms with Crippen LogP contribution in [-0.4, -0.2) is 84.3 Å². The molecule has 7 rings (SSSR count). The molecule has 1 N–H and O–H groups in total. The fourth-order valence-electron chi connectivity index (χ4n) is 9.30. The molecule has 0 spiro atoms. The third-order valence-corrected chi connectivity index (χ3v) is 17.8. The van der Waals surface area contributed by atoms with E-state index in [2.05, 4.69) is 67.9 Å². The van der Waals surface area contributed by atoms with Gasteiger partial charge in [-0.15, -0.1) is 5.54 Å². The van der Waals surface area contributed by atoms with Gasteiger partial charge in [-0.3, -0.25) is 4.90 Å². The zero-order chi connectivity index (χ0) is 37.1. The molecule has 52 heavy (non-hydrogen) atoms. The highest BCUT2D eigenvalue weighted by atomic mass is 28.3.